The lowest BCUT2D eigenvalue weighted by Crippen LogP contribution is -2.23. The van der Waals surface area contributed by atoms with Gasteiger partial charge in [0.25, 0.3) is 10.0 Å². The third-order valence-electron chi connectivity index (χ3n) is 2.69. The number of hydrogen-bond donors (Lipinski definition) is 2. The summed E-state index contributed by atoms with van der Waals surface area (Å²) in [4.78, 5) is 14.4. The van der Waals surface area contributed by atoms with Crippen molar-refractivity contribution in [3.63, 3.8) is 0 Å². The van der Waals surface area contributed by atoms with Gasteiger partial charge in [0.05, 0.1) is 18.4 Å². The molecule has 0 bridgehead atoms. The number of nitrogens with one attached hydrogen (secondary N) is 1. The van der Waals surface area contributed by atoms with Crippen LogP contribution in [0.25, 0.3) is 0 Å². The van der Waals surface area contributed by atoms with Crippen LogP contribution in [0.5, 0.6) is 0 Å². The molecular weight excluding hydrogens is 300 g/mol. The lowest BCUT2D eigenvalue weighted by atomic mass is 10.5. The lowest BCUT2D eigenvalue weighted by molar-refractivity contribution is -0.137. The van der Waals surface area contributed by atoms with Crippen molar-refractivity contribution in [2.75, 3.05) is 0 Å². The van der Waals surface area contributed by atoms with Crippen LogP contribution < -0.4 is 4.72 Å². The Morgan fingerprint density at radius 1 is 1.43 bits per heavy atom. The normalized spacial score (nSPS) is 11.7. The van der Waals surface area contributed by atoms with Gasteiger partial charge in [-0.15, -0.1) is 5.10 Å². The predicted molar refractivity (Wildman–Crippen MR) is 69.6 cm³/mol. The van der Waals surface area contributed by atoms with E-state index in [9.17, 15) is 13.2 Å². The van der Waals surface area contributed by atoms with Crippen LogP contribution in [0, 0.1) is 6.92 Å². The Bertz CT molecular complexity index is 743. The summed E-state index contributed by atoms with van der Waals surface area (Å²) in [5.74, 6) is -0.487. The summed E-state index contributed by atoms with van der Waals surface area (Å²) in [6.07, 6.45) is 2.76. The summed E-state index contributed by atoms with van der Waals surface area (Å²) in [5.41, 5.74) is 0.312. The zero-order chi connectivity index (χ0) is 15.6. The molecular formula is C10H14N6O4S. The molecule has 0 saturated carbocycles. The molecule has 114 valence electrons. The van der Waals surface area contributed by atoms with E-state index < -0.39 is 16.0 Å². The van der Waals surface area contributed by atoms with Gasteiger partial charge in [-0.1, -0.05) is 5.21 Å². The fourth-order valence-corrected chi connectivity index (χ4v) is 2.57. The Hall–Kier alpha value is -2.27. The molecule has 10 nitrogen and oxygen atoms in total. The van der Waals surface area contributed by atoms with E-state index in [1.54, 1.807) is 18.5 Å². The molecule has 0 spiro atoms. The maximum absolute atomic E-state index is 12.0. The van der Waals surface area contributed by atoms with Crippen LogP contribution in [0.4, 0.5) is 0 Å². The second-order valence-electron chi connectivity index (χ2n) is 4.36. The molecule has 0 aromatic carbocycles. The first-order chi connectivity index (χ1) is 9.78. The molecule has 0 aliphatic rings. The van der Waals surface area contributed by atoms with E-state index in [1.807, 2.05) is 0 Å². The molecule has 0 aliphatic carbocycles. The summed E-state index contributed by atoms with van der Waals surface area (Å²) in [7, 11) is -2.06. The molecule has 2 heterocycles. The predicted octanol–water partition coefficient (Wildman–Crippen LogP) is -1.12. The number of nitrogens with zero attached hydrogens (tertiary/aromatic N) is 5. The van der Waals surface area contributed by atoms with Gasteiger partial charge in [-0.2, -0.15) is 0 Å². The van der Waals surface area contributed by atoms with E-state index in [0.29, 0.717) is 11.5 Å². The number of carbonyl (C=O) groups is 1. The van der Waals surface area contributed by atoms with Gasteiger partial charge >= 0.3 is 5.97 Å². The first-order valence-electron chi connectivity index (χ1n) is 5.88. The van der Waals surface area contributed by atoms with Gasteiger partial charge in [-0.3, -0.25) is 4.79 Å². The van der Waals surface area contributed by atoms with Gasteiger partial charge in [0.1, 0.15) is 12.4 Å². The molecule has 2 aromatic rings. The molecule has 11 heteroatoms. The van der Waals surface area contributed by atoms with Crippen molar-refractivity contribution in [2.24, 2.45) is 7.05 Å². The van der Waals surface area contributed by atoms with Gasteiger partial charge in [0.15, 0.2) is 5.03 Å². The second-order valence-corrected chi connectivity index (χ2v) is 6.08. The monoisotopic (exact) mass is 314 g/mol. The minimum Gasteiger partial charge on any atom is -0.480 e. The number of aromatic nitrogens is 5. The van der Waals surface area contributed by atoms with Crippen molar-refractivity contribution in [1.29, 1.82) is 0 Å². The Morgan fingerprint density at radius 3 is 2.71 bits per heavy atom. The molecule has 0 aliphatic heterocycles. The average molecular weight is 314 g/mol. The Kier molecular flexibility index (Phi) is 4.04. The van der Waals surface area contributed by atoms with Crippen LogP contribution >= 0.6 is 0 Å². The number of sulfonamides is 1. The van der Waals surface area contributed by atoms with Crippen molar-refractivity contribution in [3.05, 3.63) is 23.9 Å². The highest BCUT2D eigenvalue weighted by Crippen LogP contribution is 2.08. The van der Waals surface area contributed by atoms with Crippen LogP contribution in [0.15, 0.2) is 17.4 Å². The number of hydrogen-bond acceptors (Lipinski definition) is 6. The Morgan fingerprint density at radius 2 is 2.14 bits per heavy atom. The number of aliphatic carboxylic acids is 1. The summed E-state index contributed by atoms with van der Waals surface area (Å²) in [5, 5.41) is 15.8. The quantitative estimate of drug-likeness (QED) is 0.690. The molecule has 0 amide bonds. The number of rotatable bonds is 6. The van der Waals surface area contributed by atoms with Gasteiger partial charge in [0.2, 0.25) is 0 Å². The number of carboxylic acid groups (broad SMARTS) is 1. The van der Waals surface area contributed by atoms with Crippen molar-refractivity contribution in [1.82, 2.24) is 29.3 Å². The molecule has 0 fully saturated rings. The molecule has 2 rings (SSSR count). The fourth-order valence-electron chi connectivity index (χ4n) is 1.53. The Labute approximate surface area is 120 Å². The maximum Gasteiger partial charge on any atom is 0.325 e. The molecule has 0 atom stereocenters. The van der Waals surface area contributed by atoms with Crippen molar-refractivity contribution in [2.45, 2.75) is 25.0 Å². The zero-order valence-corrected chi connectivity index (χ0v) is 12.2. The maximum atomic E-state index is 12.0. The SMILES string of the molecule is Cc1nc(S(=O)(=O)NCc2cn(CC(=O)O)nn2)cn1C. The Balaban J connectivity index is 2.04. The van der Waals surface area contributed by atoms with E-state index in [1.165, 1.54) is 12.4 Å². The smallest absolute Gasteiger partial charge is 0.325 e. The highest BCUT2D eigenvalue weighted by molar-refractivity contribution is 7.89. The van der Waals surface area contributed by atoms with E-state index >= 15 is 0 Å². The molecule has 2 aromatic heterocycles. The van der Waals surface area contributed by atoms with E-state index in [4.69, 9.17) is 5.11 Å². The summed E-state index contributed by atoms with van der Waals surface area (Å²) in [6.45, 7) is 1.26. The van der Waals surface area contributed by atoms with Gasteiger partial charge < -0.3 is 9.67 Å². The van der Waals surface area contributed by atoms with Crippen LogP contribution in [0.1, 0.15) is 11.5 Å². The van der Waals surface area contributed by atoms with Crippen molar-refractivity contribution >= 4 is 16.0 Å². The topological polar surface area (TPSA) is 132 Å². The first-order valence-corrected chi connectivity index (χ1v) is 7.36. The fraction of sp³-hybridized carbons (Fsp3) is 0.400. The van der Waals surface area contributed by atoms with Gasteiger partial charge in [-0.05, 0) is 6.92 Å². The summed E-state index contributed by atoms with van der Waals surface area (Å²) in [6, 6.07) is 0. The summed E-state index contributed by atoms with van der Waals surface area (Å²) >= 11 is 0. The molecule has 21 heavy (non-hydrogen) atoms. The molecule has 2 N–H and O–H groups in total. The minimum atomic E-state index is -3.75. The number of aryl methyl sites for hydroxylation is 2. The van der Waals surface area contributed by atoms with Gasteiger partial charge in [-0.25, -0.2) is 22.8 Å². The average Bonchev–Trinajstić information content (AvgIpc) is 2.95. The largest absolute Gasteiger partial charge is 0.480 e. The number of carboxylic acids is 1. The minimum absolute atomic E-state index is 0.0829. The van der Waals surface area contributed by atoms with Crippen molar-refractivity contribution < 1.29 is 18.3 Å². The van der Waals surface area contributed by atoms with Crippen LogP contribution in [0.3, 0.4) is 0 Å². The van der Waals surface area contributed by atoms with Gasteiger partial charge in [0, 0.05) is 13.2 Å². The molecule has 0 radical (unpaired) electrons. The second kappa shape index (κ2) is 5.61. The summed E-state index contributed by atoms with van der Waals surface area (Å²) < 4.78 is 29.1. The molecule has 0 saturated heterocycles. The van der Waals surface area contributed by atoms with Crippen molar-refractivity contribution in [3.8, 4) is 0 Å². The highest BCUT2D eigenvalue weighted by atomic mass is 32.2. The van der Waals surface area contributed by atoms with E-state index in [2.05, 4.69) is 20.0 Å². The van der Waals surface area contributed by atoms with Crippen LogP contribution in [-0.4, -0.2) is 44.0 Å². The number of imidazole rings is 1. The lowest BCUT2D eigenvalue weighted by Gasteiger charge is -2.01. The first kappa shape index (κ1) is 15.1. The third-order valence-corrected chi connectivity index (χ3v) is 3.96. The highest BCUT2D eigenvalue weighted by Gasteiger charge is 2.18. The third kappa shape index (κ3) is 3.64. The van der Waals surface area contributed by atoms with E-state index in [0.717, 1.165) is 4.68 Å². The zero-order valence-electron chi connectivity index (χ0n) is 11.4. The van der Waals surface area contributed by atoms with Crippen LogP contribution in [0.2, 0.25) is 0 Å². The molecule has 0 unspecified atom stereocenters. The van der Waals surface area contributed by atoms with E-state index in [-0.39, 0.29) is 18.1 Å². The van der Waals surface area contributed by atoms with Crippen LogP contribution in [-0.2, 0) is 35.0 Å². The standard InChI is InChI=1S/C10H14N6O4S/c1-7-12-9(5-15(7)2)21(19,20)11-3-8-4-16(14-13-8)6-10(17)18/h4-5,11H,3,6H2,1-2H3,(H,17,18).